The number of halogens is 1. The summed E-state index contributed by atoms with van der Waals surface area (Å²) in [6, 6.07) is 21.2. The third kappa shape index (κ3) is 3.53. The molecule has 0 N–H and O–H groups in total. The van der Waals surface area contributed by atoms with Gasteiger partial charge in [0.15, 0.2) is 11.5 Å². The summed E-state index contributed by atoms with van der Waals surface area (Å²) in [4.78, 5) is 4.39. The lowest BCUT2D eigenvalue weighted by atomic mass is 10.1. The molecular weight excluding hydrogens is 345 g/mol. The Labute approximate surface area is 155 Å². The largest absolute Gasteiger partial charge is 0.493 e. The van der Waals surface area contributed by atoms with E-state index in [4.69, 9.17) is 13.9 Å². The van der Waals surface area contributed by atoms with Crippen LogP contribution in [0.1, 0.15) is 0 Å². The molecule has 0 fully saturated rings. The molecule has 0 spiro atoms. The van der Waals surface area contributed by atoms with E-state index in [1.165, 1.54) is 12.3 Å². The summed E-state index contributed by atoms with van der Waals surface area (Å²) in [5, 5.41) is 0. The maximum absolute atomic E-state index is 13.9. The van der Waals surface area contributed by atoms with Crippen molar-refractivity contribution in [2.75, 3.05) is 7.11 Å². The van der Waals surface area contributed by atoms with Crippen LogP contribution in [-0.4, -0.2) is 12.1 Å². The zero-order chi connectivity index (χ0) is 18.6. The van der Waals surface area contributed by atoms with Crippen LogP contribution in [0.2, 0.25) is 0 Å². The van der Waals surface area contributed by atoms with Gasteiger partial charge in [0.05, 0.1) is 7.11 Å². The molecule has 1 aromatic heterocycles. The van der Waals surface area contributed by atoms with Gasteiger partial charge in [-0.05, 0) is 48.5 Å². The van der Waals surface area contributed by atoms with Crippen molar-refractivity contribution in [1.82, 2.24) is 4.98 Å². The van der Waals surface area contributed by atoms with Gasteiger partial charge < -0.3 is 13.9 Å². The van der Waals surface area contributed by atoms with E-state index in [1.54, 1.807) is 25.3 Å². The number of ether oxygens (including phenoxy) is 2. The molecule has 134 valence electrons. The van der Waals surface area contributed by atoms with Crippen molar-refractivity contribution in [2.24, 2.45) is 0 Å². The number of benzene rings is 3. The minimum Gasteiger partial charge on any atom is -0.493 e. The Bertz CT molecular complexity index is 1060. The summed E-state index contributed by atoms with van der Waals surface area (Å²) in [6.45, 7) is 0. The summed E-state index contributed by atoms with van der Waals surface area (Å²) in [7, 11) is 1.60. The molecule has 0 unspecified atom stereocenters. The number of nitrogens with zero attached hydrogens (tertiary/aromatic N) is 1. The number of para-hydroxylation sites is 2. The second kappa shape index (κ2) is 7.33. The smallest absolute Gasteiger partial charge is 0.226 e. The van der Waals surface area contributed by atoms with Gasteiger partial charge in [-0.3, -0.25) is 0 Å². The minimum atomic E-state index is -0.335. The molecule has 27 heavy (non-hydrogen) atoms. The Morgan fingerprint density at radius 3 is 2.30 bits per heavy atom. The molecule has 0 atom stereocenters. The molecule has 5 heteroatoms. The summed E-state index contributed by atoms with van der Waals surface area (Å²) >= 11 is 0. The molecule has 3 aromatic carbocycles. The molecule has 4 aromatic rings. The summed E-state index contributed by atoms with van der Waals surface area (Å²) in [5.74, 6) is 2.02. The van der Waals surface area contributed by atoms with Crippen LogP contribution in [0.5, 0.6) is 17.2 Å². The standard InChI is InChI=1S/C22H16FNO3/c1-25-20-8-4-5-9-21(20)27-16-12-10-15(11-13-16)22-24-19(14-26-22)17-6-2-3-7-18(17)23/h2-14H,1H3. The highest BCUT2D eigenvalue weighted by Gasteiger charge is 2.12. The topological polar surface area (TPSA) is 44.5 Å². The summed E-state index contributed by atoms with van der Waals surface area (Å²) < 4.78 is 30.6. The lowest BCUT2D eigenvalue weighted by Gasteiger charge is -2.09. The van der Waals surface area contributed by atoms with Crippen LogP contribution in [0.3, 0.4) is 0 Å². The zero-order valence-electron chi connectivity index (χ0n) is 14.6. The molecule has 0 aliphatic carbocycles. The molecule has 0 radical (unpaired) electrons. The van der Waals surface area contributed by atoms with Crippen molar-refractivity contribution in [1.29, 1.82) is 0 Å². The third-order valence-corrected chi connectivity index (χ3v) is 4.05. The maximum Gasteiger partial charge on any atom is 0.226 e. The molecule has 0 saturated carbocycles. The van der Waals surface area contributed by atoms with Crippen LogP contribution >= 0.6 is 0 Å². The van der Waals surface area contributed by atoms with Crippen molar-refractivity contribution in [3.8, 4) is 40.0 Å². The Hall–Kier alpha value is -3.60. The lowest BCUT2D eigenvalue weighted by Crippen LogP contribution is -1.89. The fourth-order valence-corrected chi connectivity index (χ4v) is 2.69. The quantitative estimate of drug-likeness (QED) is 0.441. The van der Waals surface area contributed by atoms with Crippen molar-refractivity contribution in [3.05, 3.63) is 84.9 Å². The van der Waals surface area contributed by atoms with Gasteiger partial charge in [0.25, 0.3) is 0 Å². The van der Waals surface area contributed by atoms with E-state index in [2.05, 4.69) is 4.98 Å². The predicted molar refractivity (Wildman–Crippen MR) is 100 cm³/mol. The van der Waals surface area contributed by atoms with Crippen LogP contribution in [0.4, 0.5) is 4.39 Å². The van der Waals surface area contributed by atoms with E-state index >= 15 is 0 Å². The van der Waals surface area contributed by atoms with Gasteiger partial charge in [-0.1, -0.05) is 24.3 Å². The normalized spacial score (nSPS) is 10.6. The summed E-state index contributed by atoms with van der Waals surface area (Å²) in [5.41, 5.74) is 1.63. The fraction of sp³-hybridized carbons (Fsp3) is 0.0455. The number of methoxy groups -OCH3 is 1. The zero-order valence-corrected chi connectivity index (χ0v) is 14.6. The highest BCUT2D eigenvalue weighted by molar-refractivity contribution is 5.63. The monoisotopic (exact) mass is 361 g/mol. The maximum atomic E-state index is 13.9. The number of hydrogen-bond acceptors (Lipinski definition) is 4. The number of oxazole rings is 1. The van der Waals surface area contributed by atoms with Gasteiger partial charge in [0.1, 0.15) is 23.5 Å². The van der Waals surface area contributed by atoms with Gasteiger partial charge in [0.2, 0.25) is 5.89 Å². The van der Waals surface area contributed by atoms with Crippen molar-refractivity contribution in [2.45, 2.75) is 0 Å². The molecule has 1 heterocycles. The van der Waals surface area contributed by atoms with Crippen molar-refractivity contribution < 1.29 is 18.3 Å². The average molecular weight is 361 g/mol. The molecule has 0 saturated heterocycles. The fourth-order valence-electron chi connectivity index (χ4n) is 2.69. The Morgan fingerprint density at radius 2 is 1.56 bits per heavy atom. The van der Waals surface area contributed by atoms with E-state index < -0.39 is 0 Å². The van der Waals surface area contributed by atoms with Gasteiger partial charge in [-0.15, -0.1) is 0 Å². The highest BCUT2D eigenvalue weighted by Crippen LogP contribution is 2.32. The molecule has 4 nitrogen and oxygen atoms in total. The highest BCUT2D eigenvalue weighted by atomic mass is 19.1. The Kier molecular flexibility index (Phi) is 4.58. The van der Waals surface area contributed by atoms with Gasteiger partial charge >= 0.3 is 0 Å². The Morgan fingerprint density at radius 1 is 0.852 bits per heavy atom. The number of rotatable bonds is 5. The minimum absolute atomic E-state index is 0.335. The van der Waals surface area contributed by atoms with Gasteiger partial charge in [0, 0.05) is 11.1 Å². The molecule has 0 aliphatic rings. The van der Waals surface area contributed by atoms with E-state index in [0.29, 0.717) is 34.4 Å². The number of hydrogen-bond donors (Lipinski definition) is 0. The van der Waals surface area contributed by atoms with E-state index in [1.807, 2.05) is 48.5 Å². The summed E-state index contributed by atoms with van der Waals surface area (Å²) in [6.07, 6.45) is 1.45. The van der Waals surface area contributed by atoms with Crippen molar-refractivity contribution >= 4 is 0 Å². The van der Waals surface area contributed by atoms with E-state index in [-0.39, 0.29) is 5.82 Å². The molecule has 0 amide bonds. The van der Waals surface area contributed by atoms with Crippen molar-refractivity contribution in [3.63, 3.8) is 0 Å². The van der Waals surface area contributed by atoms with E-state index in [0.717, 1.165) is 5.56 Å². The van der Waals surface area contributed by atoms with Crippen LogP contribution in [-0.2, 0) is 0 Å². The third-order valence-electron chi connectivity index (χ3n) is 4.05. The van der Waals surface area contributed by atoms with Crippen LogP contribution in [0.15, 0.2) is 83.5 Å². The van der Waals surface area contributed by atoms with Gasteiger partial charge in [-0.2, -0.15) is 0 Å². The molecular formula is C22H16FNO3. The number of aromatic nitrogens is 1. The first-order valence-corrected chi connectivity index (χ1v) is 8.36. The SMILES string of the molecule is COc1ccccc1Oc1ccc(-c2nc(-c3ccccc3F)co2)cc1. The second-order valence-electron chi connectivity index (χ2n) is 5.80. The van der Waals surface area contributed by atoms with Crippen LogP contribution in [0.25, 0.3) is 22.7 Å². The first-order chi connectivity index (χ1) is 13.2. The Balaban J connectivity index is 1.55. The molecule has 0 aliphatic heterocycles. The van der Waals surface area contributed by atoms with Gasteiger partial charge in [-0.25, -0.2) is 9.37 Å². The first-order valence-electron chi connectivity index (χ1n) is 8.36. The second-order valence-corrected chi connectivity index (χ2v) is 5.80. The van der Waals surface area contributed by atoms with E-state index in [9.17, 15) is 4.39 Å². The molecule has 4 rings (SSSR count). The predicted octanol–water partition coefficient (Wildman–Crippen LogP) is 5.95. The van der Waals surface area contributed by atoms with Crippen LogP contribution < -0.4 is 9.47 Å². The molecule has 0 bridgehead atoms. The van der Waals surface area contributed by atoms with Crippen LogP contribution in [0, 0.1) is 5.82 Å². The first kappa shape index (κ1) is 16.8. The lowest BCUT2D eigenvalue weighted by molar-refractivity contribution is 0.379. The average Bonchev–Trinajstić information content (AvgIpc) is 3.19.